The lowest BCUT2D eigenvalue weighted by molar-refractivity contribution is -0.126. The molecule has 4 rings (SSSR count). The Morgan fingerprint density at radius 2 is 1.96 bits per heavy atom. The Hall–Kier alpha value is -1.88. The number of fused-ring (bicyclic) bond motifs is 2. The number of aromatic amines is 1. The minimum atomic E-state index is -0.487. The van der Waals surface area contributed by atoms with Crippen LogP contribution in [0.5, 0.6) is 0 Å². The number of aryl methyl sites for hydroxylation is 1. The number of H-pyrrole nitrogens is 1. The summed E-state index contributed by atoms with van der Waals surface area (Å²) in [6.45, 7) is 8.30. The normalized spacial score (nSPS) is 26.7. The number of para-hydroxylation sites is 1. The Bertz CT molecular complexity index is 767. The maximum atomic E-state index is 12.8. The zero-order valence-corrected chi connectivity index (χ0v) is 14.6. The highest BCUT2D eigenvalue weighted by molar-refractivity contribution is 5.86. The lowest BCUT2D eigenvalue weighted by atomic mass is 9.94. The first-order chi connectivity index (χ1) is 11.5. The lowest BCUT2D eigenvalue weighted by Gasteiger charge is -2.27. The van der Waals surface area contributed by atoms with Gasteiger partial charge in [0.2, 0.25) is 5.91 Å². The van der Waals surface area contributed by atoms with Gasteiger partial charge in [0.1, 0.15) is 0 Å². The molecule has 3 atom stereocenters. The van der Waals surface area contributed by atoms with Gasteiger partial charge in [-0.2, -0.15) is 5.10 Å². The number of nitrogens with one attached hydrogen (secondary N) is 3. The van der Waals surface area contributed by atoms with Crippen LogP contribution in [0.1, 0.15) is 37.9 Å². The highest BCUT2D eigenvalue weighted by Crippen LogP contribution is 2.39. The van der Waals surface area contributed by atoms with E-state index in [1.54, 1.807) is 0 Å². The van der Waals surface area contributed by atoms with Gasteiger partial charge in [0.05, 0.1) is 16.7 Å². The summed E-state index contributed by atoms with van der Waals surface area (Å²) in [5, 5.41) is 15.4. The first kappa shape index (κ1) is 15.6. The maximum absolute atomic E-state index is 12.8. The third-order valence-corrected chi connectivity index (χ3v) is 5.86. The predicted molar refractivity (Wildman–Crippen MR) is 94.6 cm³/mol. The minimum Gasteiger partial charge on any atom is -0.345 e. The highest BCUT2D eigenvalue weighted by atomic mass is 16.2. The SMILES string of the molecule is Cc1cccc2c(C(C)(C)NC(=O)C3C[C@H]4CNC[C@H]4C3)n[nH]c12. The second-order valence-electron chi connectivity index (χ2n) is 8.03. The van der Waals surface area contributed by atoms with Crippen LogP contribution < -0.4 is 10.6 Å². The number of benzene rings is 1. The average Bonchev–Trinajstić information content (AvgIpc) is 3.21. The van der Waals surface area contributed by atoms with Crippen molar-refractivity contribution < 1.29 is 4.79 Å². The van der Waals surface area contributed by atoms with E-state index in [4.69, 9.17) is 0 Å². The maximum Gasteiger partial charge on any atom is 0.223 e. The topological polar surface area (TPSA) is 69.8 Å². The molecule has 24 heavy (non-hydrogen) atoms. The van der Waals surface area contributed by atoms with Crippen LogP contribution in [-0.4, -0.2) is 29.2 Å². The molecule has 0 radical (unpaired) electrons. The highest BCUT2D eigenvalue weighted by Gasteiger charge is 2.41. The molecular weight excluding hydrogens is 300 g/mol. The molecule has 0 bridgehead atoms. The largest absolute Gasteiger partial charge is 0.345 e. The van der Waals surface area contributed by atoms with Crippen molar-refractivity contribution in [1.29, 1.82) is 0 Å². The Morgan fingerprint density at radius 1 is 1.25 bits per heavy atom. The molecule has 2 aliphatic rings. The van der Waals surface area contributed by atoms with Crippen LogP contribution in [-0.2, 0) is 10.3 Å². The van der Waals surface area contributed by atoms with Gasteiger partial charge >= 0.3 is 0 Å². The van der Waals surface area contributed by atoms with E-state index in [1.165, 1.54) is 5.56 Å². The number of rotatable bonds is 3. The van der Waals surface area contributed by atoms with Crippen LogP contribution >= 0.6 is 0 Å². The van der Waals surface area contributed by atoms with Gasteiger partial charge in [0, 0.05) is 11.3 Å². The predicted octanol–water partition coefficient (Wildman–Crippen LogP) is 2.47. The zero-order chi connectivity index (χ0) is 16.9. The number of carbonyl (C=O) groups excluding carboxylic acids is 1. The fraction of sp³-hybridized carbons (Fsp3) is 0.579. The molecule has 1 aliphatic heterocycles. The van der Waals surface area contributed by atoms with Crippen molar-refractivity contribution in [2.75, 3.05) is 13.1 Å². The molecule has 1 saturated carbocycles. The van der Waals surface area contributed by atoms with Gasteiger partial charge in [-0.1, -0.05) is 18.2 Å². The Labute approximate surface area is 142 Å². The van der Waals surface area contributed by atoms with E-state index < -0.39 is 5.54 Å². The molecule has 3 N–H and O–H groups in total. The summed E-state index contributed by atoms with van der Waals surface area (Å²) in [4.78, 5) is 12.8. The van der Waals surface area contributed by atoms with Crippen LogP contribution in [0, 0.1) is 24.7 Å². The Morgan fingerprint density at radius 3 is 2.67 bits per heavy atom. The molecular formula is C19H26N4O. The molecule has 2 heterocycles. The lowest BCUT2D eigenvalue weighted by Crippen LogP contribution is -2.44. The third-order valence-electron chi connectivity index (χ3n) is 5.86. The van der Waals surface area contributed by atoms with Crippen LogP contribution in [0.25, 0.3) is 10.9 Å². The molecule has 1 saturated heterocycles. The van der Waals surface area contributed by atoms with Gasteiger partial charge < -0.3 is 10.6 Å². The third kappa shape index (κ3) is 2.51. The molecule has 1 aromatic heterocycles. The molecule has 2 fully saturated rings. The van der Waals surface area contributed by atoms with E-state index >= 15 is 0 Å². The zero-order valence-electron chi connectivity index (χ0n) is 14.6. The van der Waals surface area contributed by atoms with Gasteiger partial charge in [-0.05, 0) is 64.1 Å². The minimum absolute atomic E-state index is 0.147. The summed E-state index contributed by atoms with van der Waals surface area (Å²) < 4.78 is 0. The van der Waals surface area contributed by atoms with Crippen molar-refractivity contribution in [2.24, 2.45) is 17.8 Å². The van der Waals surface area contributed by atoms with Crippen LogP contribution in [0.2, 0.25) is 0 Å². The number of carbonyl (C=O) groups is 1. The van der Waals surface area contributed by atoms with Gasteiger partial charge in [-0.25, -0.2) is 0 Å². The average molecular weight is 326 g/mol. The molecule has 1 aliphatic carbocycles. The number of hydrogen-bond acceptors (Lipinski definition) is 3. The summed E-state index contributed by atoms with van der Waals surface area (Å²) in [6, 6.07) is 6.18. The number of aromatic nitrogens is 2. The van der Waals surface area contributed by atoms with E-state index in [0.717, 1.165) is 42.5 Å². The quantitative estimate of drug-likeness (QED) is 0.811. The molecule has 5 nitrogen and oxygen atoms in total. The van der Waals surface area contributed by atoms with Crippen molar-refractivity contribution >= 4 is 16.8 Å². The van der Waals surface area contributed by atoms with Crippen LogP contribution in [0.4, 0.5) is 0 Å². The number of nitrogens with zero attached hydrogens (tertiary/aromatic N) is 1. The van der Waals surface area contributed by atoms with Gasteiger partial charge in [-0.15, -0.1) is 0 Å². The molecule has 1 aromatic carbocycles. The van der Waals surface area contributed by atoms with Crippen molar-refractivity contribution in [1.82, 2.24) is 20.8 Å². The van der Waals surface area contributed by atoms with Gasteiger partial charge in [-0.3, -0.25) is 9.89 Å². The molecule has 128 valence electrons. The van der Waals surface area contributed by atoms with E-state index in [1.807, 2.05) is 19.9 Å². The molecule has 1 amide bonds. The first-order valence-electron chi connectivity index (χ1n) is 8.92. The van der Waals surface area contributed by atoms with E-state index in [-0.39, 0.29) is 11.8 Å². The standard InChI is InChI=1S/C19H26N4O/c1-11-5-4-6-15-16(11)22-23-17(15)19(2,3)21-18(24)12-7-13-9-20-10-14(13)8-12/h4-6,12-14,20H,7-10H2,1-3H3,(H,21,24)(H,22,23)/t12?,13-,14+. The van der Waals surface area contributed by atoms with E-state index in [2.05, 4.69) is 39.9 Å². The smallest absolute Gasteiger partial charge is 0.223 e. The molecule has 0 spiro atoms. The fourth-order valence-corrected chi connectivity index (χ4v) is 4.51. The second kappa shape index (κ2) is 5.59. The summed E-state index contributed by atoms with van der Waals surface area (Å²) in [6.07, 6.45) is 2.03. The molecule has 1 unspecified atom stereocenters. The Balaban J connectivity index is 1.54. The van der Waals surface area contributed by atoms with Crippen molar-refractivity contribution in [3.63, 3.8) is 0 Å². The fourth-order valence-electron chi connectivity index (χ4n) is 4.51. The Kier molecular flexibility index (Phi) is 3.64. The van der Waals surface area contributed by atoms with E-state index in [0.29, 0.717) is 11.8 Å². The van der Waals surface area contributed by atoms with Crippen LogP contribution in [0.3, 0.4) is 0 Å². The monoisotopic (exact) mass is 326 g/mol. The summed E-state index contributed by atoms with van der Waals surface area (Å²) in [5.74, 6) is 1.68. The summed E-state index contributed by atoms with van der Waals surface area (Å²) in [7, 11) is 0. The van der Waals surface area contributed by atoms with Crippen LogP contribution in [0.15, 0.2) is 18.2 Å². The molecule has 5 heteroatoms. The van der Waals surface area contributed by atoms with Crippen molar-refractivity contribution in [2.45, 2.75) is 39.2 Å². The first-order valence-corrected chi connectivity index (χ1v) is 8.92. The number of hydrogen-bond donors (Lipinski definition) is 3. The van der Waals surface area contributed by atoms with E-state index in [9.17, 15) is 4.79 Å². The summed E-state index contributed by atoms with van der Waals surface area (Å²) in [5.41, 5.74) is 2.65. The van der Waals surface area contributed by atoms with Crippen molar-refractivity contribution in [3.05, 3.63) is 29.5 Å². The number of amides is 1. The van der Waals surface area contributed by atoms with Gasteiger partial charge in [0.15, 0.2) is 0 Å². The second-order valence-corrected chi connectivity index (χ2v) is 8.03. The van der Waals surface area contributed by atoms with Gasteiger partial charge in [0.25, 0.3) is 0 Å². The van der Waals surface area contributed by atoms with Crippen molar-refractivity contribution in [3.8, 4) is 0 Å². The molecule has 2 aromatic rings. The summed E-state index contributed by atoms with van der Waals surface area (Å²) >= 11 is 0.